The van der Waals surface area contributed by atoms with Crippen molar-refractivity contribution < 1.29 is 9.59 Å². The fourth-order valence-corrected chi connectivity index (χ4v) is 3.33. The van der Waals surface area contributed by atoms with Crippen LogP contribution >= 0.6 is 23.6 Å². The van der Waals surface area contributed by atoms with Crippen LogP contribution in [0, 0.1) is 18.6 Å². The first-order valence-electron chi connectivity index (χ1n) is 8.53. The van der Waals surface area contributed by atoms with E-state index in [0.29, 0.717) is 21.9 Å². The molecule has 0 atom stereocenters. The van der Waals surface area contributed by atoms with Crippen LogP contribution in [0.3, 0.4) is 0 Å². The lowest BCUT2D eigenvalue weighted by atomic mass is 10.1. The Morgan fingerprint density at radius 2 is 2.07 bits per heavy atom. The highest BCUT2D eigenvalue weighted by atomic mass is 32.1. The lowest BCUT2D eigenvalue weighted by Crippen LogP contribution is -2.32. The van der Waals surface area contributed by atoms with Gasteiger partial charge >= 0.3 is 0 Å². The van der Waals surface area contributed by atoms with Crippen LogP contribution in [0.5, 0.6) is 0 Å². The monoisotopic (exact) mass is 416 g/mol. The zero-order valence-corrected chi connectivity index (χ0v) is 17.3. The van der Waals surface area contributed by atoms with Crippen molar-refractivity contribution in [1.82, 2.24) is 25.1 Å². The number of amides is 2. The number of anilines is 1. The van der Waals surface area contributed by atoms with Gasteiger partial charge in [0.15, 0.2) is 9.90 Å². The zero-order valence-electron chi connectivity index (χ0n) is 15.7. The summed E-state index contributed by atoms with van der Waals surface area (Å²) >= 11 is 6.40. The first-order valence-corrected chi connectivity index (χ1v) is 9.82. The molecule has 3 rings (SSSR count). The van der Waals surface area contributed by atoms with E-state index < -0.39 is 0 Å². The summed E-state index contributed by atoms with van der Waals surface area (Å²) in [6, 6.07) is 5.43. The van der Waals surface area contributed by atoms with Gasteiger partial charge in [-0.3, -0.25) is 14.7 Å². The Morgan fingerprint density at radius 3 is 2.75 bits per heavy atom. The molecule has 10 heteroatoms. The lowest BCUT2D eigenvalue weighted by Gasteiger charge is -2.07. The summed E-state index contributed by atoms with van der Waals surface area (Å²) in [5, 5.41) is 14.5. The van der Waals surface area contributed by atoms with Crippen LogP contribution < -0.4 is 10.6 Å². The van der Waals surface area contributed by atoms with Crippen LogP contribution in [0.1, 0.15) is 33.0 Å². The molecule has 146 valence electrons. The van der Waals surface area contributed by atoms with Crippen molar-refractivity contribution in [3.05, 3.63) is 56.6 Å². The minimum absolute atomic E-state index is 0.131. The summed E-state index contributed by atoms with van der Waals surface area (Å²) < 4.78 is 2.31. The zero-order chi connectivity index (χ0) is 20.3. The fraction of sp³-hybridized carbons (Fsp3) is 0.278. The summed E-state index contributed by atoms with van der Waals surface area (Å²) in [7, 11) is 1.83. The molecular weight excluding hydrogens is 396 g/mol. The van der Waals surface area contributed by atoms with Crippen molar-refractivity contribution in [2.45, 2.75) is 20.3 Å². The SMILES string of the molecule is Cc1ccc(C(=O)NCC(=O)Nc2nc(Cc3n[nH]c(=S)n3C)cs2)cc1C. The Morgan fingerprint density at radius 1 is 1.29 bits per heavy atom. The predicted molar refractivity (Wildman–Crippen MR) is 110 cm³/mol. The largest absolute Gasteiger partial charge is 0.343 e. The Balaban J connectivity index is 1.53. The van der Waals surface area contributed by atoms with Gasteiger partial charge in [0.1, 0.15) is 5.82 Å². The van der Waals surface area contributed by atoms with E-state index in [1.807, 2.05) is 32.3 Å². The van der Waals surface area contributed by atoms with E-state index in [1.54, 1.807) is 16.7 Å². The minimum Gasteiger partial charge on any atom is -0.343 e. The number of aryl methyl sites for hydroxylation is 2. The smallest absolute Gasteiger partial charge is 0.251 e. The molecule has 8 nitrogen and oxygen atoms in total. The van der Waals surface area contributed by atoms with Crippen molar-refractivity contribution >= 4 is 40.5 Å². The molecule has 0 unspecified atom stereocenters. The van der Waals surface area contributed by atoms with Crippen molar-refractivity contribution in [1.29, 1.82) is 0 Å². The third-order valence-electron chi connectivity index (χ3n) is 4.29. The minimum atomic E-state index is -0.337. The van der Waals surface area contributed by atoms with E-state index in [-0.39, 0.29) is 18.4 Å². The Hall–Kier alpha value is -2.85. The van der Waals surface area contributed by atoms with E-state index in [4.69, 9.17) is 12.2 Å². The molecule has 0 radical (unpaired) electrons. The van der Waals surface area contributed by atoms with E-state index in [9.17, 15) is 9.59 Å². The number of nitrogens with zero attached hydrogens (tertiary/aromatic N) is 3. The van der Waals surface area contributed by atoms with E-state index in [1.165, 1.54) is 11.3 Å². The van der Waals surface area contributed by atoms with Crippen LogP contribution in [0.2, 0.25) is 0 Å². The summed E-state index contributed by atoms with van der Waals surface area (Å²) in [4.78, 5) is 28.7. The normalized spacial score (nSPS) is 10.7. The molecule has 0 aliphatic rings. The number of rotatable bonds is 6. The van der Waals surface area contributed by atoms with Gasteiger partial charge in [-0.15, -0.1) is 11.3 Å². The first-order chi connectivity index (χ1) is 13.3. The van der Waals surface area contributed by atoms with Gasteiger partial charge < -0.3 is 15.2 Å². The van der Waals surface area contributed by atoms with E-state index in [2.05, 4.69) is 25.8 Å². The van der Waals surface area contributed by atoms with Crippen molar-refractivity contribution in [3.63, 3.8) is 0 Å². The van der Waals surface area contributed by atoms with Crippen LogP contribution in [0.4, 0.5) is 5.13 Å². The van der Waals surface area contributed by atoms with Crippen LogP contribution in [0.15, 0.2) is 23.6 Å². The number of carbonyl (C=O) groups is 2. The molecule has 2 amide bonds. The van der Waals surface area contributed by atoms with Crippen LogP contribution in [-0.2, 0) is 18.3 Å². The number of carbonyl (C=O) groups excluding carboxylic acids is 2. The average molecular weight is 417 g/mol. The van der Waals surface area contributed by atoms with Crippen molar-refractivity contribution in [2.75, 3.05) is 11.9 Å². The van der Waals surface area contributed by atoms with Crippen LogP contribution in [-0.4, -0.2) is 38.1 Å². The number of aromatic amines is 1. The molecule has 0 bridgehead atoms. The van der Waals surface area contributed by atoms with Crippen molar-refractivity contribution in [2.24, 2.45) is 7.05 Å². The van der Waals surface area contributed by atoms with Gasteiger partial charge in [-0.25, -0.2) is 4.98 Å². The number of benzene rings is 1. The number of hydrogen-bond donors (Lipinski definition) is 3. The van der Waals surface area contributed by atoms with Gasteiger partial charge in [-0.1, -0.05) is 6.07 Å². The first kappa shape index (κ1) is 19.9. The molecule has 3 aromatic rings. The molecule has 0 saturated heterocycles. The second kappa shape index (κ2) is 8.44. The third kappa shape index (κ3) is 4.70. The summed E-state index contributed by atoms with van der Waals surface area (Å²) in [5.74, 6) is 0.133. The average Bonchev–Trinajstić information content (AvgIpc) is 3.23. The highest BCUT2D eigenvalue weighted by Gasteiger charge is 2.12. The van der Waals surface area contributed by atoms with Crippen molar-refractivity contribution in [3.8, 4) is 0 Å². The molecule has 0 spiro atoms. The van der Waals surface area contributed by atoms with Gasteiger partial charge in [0.2, 0.25) is 5.91 Å². The molecule has 1 aromatic carbocycles. The number of hydrogen-bond acceptors (Lipinski definition) is 6. The number of aromatic nitrogens is 4. The number of nitrogens with one attached hydrogen (secondary N) is 3. The van der Waals surface area contributed by atoms with E-state index in [0.717, 1.165) is 22.6 Å². The van der Waals surface area contributed by atoms with E-state index >= 15 is 0 Å². The molecule has 28 heavy (non-hydrogen) atoms. The third-order valence-corrected chi connectivity index (χ3v) is 5.46. The predicted octanol–water partition coefficient (Wildman–Crippen LogP) is 2.51. The molecule has 2 aromatic heterocycles. The molecule has 0 fully saturated rings. The summed E-state index contributed by atoms with van der Waals surface area (Å²) in [6.07, 6.45) is 0.500. The van der Waals surface area contributed by atoms with Crippen LogP contribution in [0.25, 0.3) is 0 Å². The topological polar surface area (TPSA) is 105 Å². The highest BCUT2D eigenvalue weighted by molar-refractivity contribution is 7.71. The second-order valence-corrected chi connectivity index (χ2v) is 7.60. The molecule has 0 aliphatic carbocycles. The summed E-state index contributed by atoms with van der Waals surface area (Å²) in [6.45, 7) is 3.79. The standard InChI is InChI=1S/C18H20N6O2S2/c1-10-4-5-12(6-11(10)2)16(26)19-8-15(25)21-17-20-13(9-28-17)7-14-22-23-18(27)24(14)3/h4-6,9H,7-8H2,1-3H3,(H,19,26)(H,23,27)(H,20,21,25). The highest BCUT2D eigenvalue weighted by Crippen LogP contribution is 2.17. The fourth-order valence-electron chi connectivity index (χ4n) is 2.45. The molecule has 0 saturated carbocycles. The molecule has 2 heterocycles. The lowest BCUT2D eigenvalue weighted by molar-refractivity contribution is -0.115. The molecule has 0 aliphatic heterocycles. The number of thiazole rings is 1. The number of H-pyrrole nitrogens is 1. The van der Waals surface area contributed by atoms with Gasteiger partial charge in [0.25, 0.3) is 5.91 Å². The molecule has 3 N–H and O–H groups in total. The van der Waals surface area contributed by atoms with Gasteiger partial charge in [0.05, 0.1) is 18.7 Å². The Kier molecular flexibility index (Phi) is 6.00. The maximum atomic E-state index is 12.2. The maximum Gasteiger partial charge on any atom is 0.251 e. The van der Waals surface area contributed by atoms with Gasteiger partial charge in [-0.2, -0.15) is 5.10 Å². The van der Waals surface area contributed by atoms with Gasteiger partial charge in [0, 0.05) is 18.0 Å². The summed E-state index contributed by atoms with van der Waals surface area (Å²) in [5.41, 5.74) is 3.44. The van der Waals surface area contributed by atoms with Gasteiger partial charge in [-0.05, 0) is 49.3 Å². The maximum absolute atomic E-state index is 12.2. The Bertz CT molecular complexity index is 1080. The quantitative estimate of drug-likeness (QED) is 0.536. The second-order valence-electron chi connectivity index (χ2n) is 6.35. The Labute approximate surface area is 171 Å². The molecular formula is C18H20N6O2S2.